The van der Waals surface area contributed by atoms with E-state index in [9.17, 15) is 9.59 Å². The van der Waals surface area contributed by atoms with E-state index < -0.39 is 11.9 Å². The van der Waals surface area contributed by atoms with Crippen LogP contribution in [0.4, 0.5) is 0 Å². The molecule has 0 atom stereocenters. The second kappa shape index (κ2) is 8.23. The smallest absolute Gasteiger partial charge is 0.317 e. The summed E-state index contributed by atoms with van der Waals surface area (Å²) in [6.07, 6.45) is 3.03. The van der Waals surface area contributed by atoms with Gasteiger partial charge in [-0.1, -0.05) is 19.8 Å². The predicted octanol–water partition coefficient (Wildman–Crippen LogP) is 1.04. The first-order chi connectivity index (χ1) is 7.06. The number of carboxylic acid groups (broad SMARTS) is 2. The number of unbranched alkanes of at least 4 members (excludes halogenated alkanes) is 2. The Morgan fingerprint density at radius 1 is 1.07 bits per heavy atom. The lowest BCUT2D eigenvalue weighted by molar-refractivity contribution is -0.141. The van der Waals surface area contributed by atoms with Crippen molar-refractivity contribution in [2.75, 3.05) is 19.6 Å². The zero-order valence-corrected chi connectivity index (χ0v) is 9.11. The number of aliphatic carboxylic acids is 2. The summed E-state index contributed by atoms with van der Waals surface area (Å²) in [5.41, 5.74) is 0. The molecule has 0 radical (unpaired) electrons. The van der Waals surface area contributed by atoms with Crippen molar-refractivity contribution in [1.29, 1.82) is 0 Å². The lowest BCUT2D eigenvalue weighted by atomic mass is 10.2. The van der Waals surface area contributed by atoms with Gasteiger partial charge in [0.15, 0.2) is 0 Å². The third-order valence-electron chi connectivity index (χ3n) is 2.08. The van der Waals surface area contributed by atoms with Gasteiger partial charge in [0.25, 0.3) is 0 Å². The summed E-state index contributed by atoms with van der Waals surface area (Å²) >= 11 is 0. The van der Waals surface area contributed by atoms with Crippen LogP contribution in [0, 0.1) is 0 Å². The molecule has 0 spiro atoms. The van der Waals surface area contributed by atoms with Crippen LogP contribution in [0.2, 0.25) is 0 Å². The maximum absolute atomic E-state index is 10.5. The van der Waals surface area contributed by atoms with Gasteiger partial charge in [0, 0.05) is 6.54 Å². The lowest BCUT2D eigenvalue weighted by Gasteiger charge is -2.18. The Balaban J connectivity index is 3.83. The zero-order chi connectivity index (χ0) is 11.7. The molecule has 0 aromatic rings. The van der Waals surface area contributed by atoms with E-state index in [-0.39, 0.29) is 13.0 Å². The molecule has 0 rings (SSSR count). The molecule has 0 aliphatic carbocycles. The maximum Gasteiger partial charge on any atom is 0.317 e. The summed E-state index contributed by atoms with van der Waals surface area (Å²) in [5, 5.41) is 17.1. The van der Waals surface area contributed by atoms with Gasteiger partial charge in [-0.3, -0.25) is 14.5 Å². The number of carboxylic acids is 2. The van der Waals surface area contributed by atoms with Crippen LogP contribution < -0.4 is 0 Å². The van der Waals surface area contributed by atoms with E-state index in [0.29, 0.717) is 13.1 Å². The Morgan fingerprint density at radius 3 is 2.20 bits per heavy atom. The number of nitrogens with zero attached hydrogens (tertiary/aromatic N) is 1. The highest BCUT2D eigenvalue weighted by molar-refractivity contribution is 5.69. The van der Waals surface area contributed by atoms with Crippen LogP contribution in [0.3, 0.4) is 0 Å². The molecule has 0 saturated heterocycles. The molecule has 0 aliphatic heterocycles. The maximum atomic E-state index is 10.5. The topological polar surface area (TPSA) is 77.8 Å². The molecule has 0 aromatic carbocycles. The first-order valence-electron chi connectivity index (χ1n) is 5.22. The molecule has 5 nitrogen and oxygen atoms in total. The number of rotatable bonds is 9. The molecular weight excluding hydrogens is 198 g/mol. The van der Waals surface area contributed by atoms with Crippen molar-refractivity contribution >= 4 is 11.9 Å². The Bertz CT molecular complexity index is 206. The minimum absolute atomic E-state index is 0.000590. The predicted molar refractivity (Wildman–Crippen MR) is 55.9 cm³/mol. The average molecular weight is 217 g/mol. The van der Waals surface area contributed by atoms with Crippen molar-refractivity contribution in [2.45, 2.75) is 32.6 Å². The highest BCUT2D eigenvalue weighted by atomic mass is 16.4. The Hall–Kier alpha value is -1.10. The van der Waals surface area contributed by atoms with Crippen molar-refractivity contribution in [3.05, 3.63) is 0 Å². The van der Waals surface area contributed by atoms with E-state index >= 15 is 0 Å². The fraction of sp³-hybridized carbons (Fsp3) is 0.800. The van der Waals surface area contributed by atoms with Crippen LogP contribution in [-0.4, -0.2) is 46.7 Å². The summed E-state index contributed by atoms with van der Waals surface area (Å²) in [6, 6.07) is 0. The van der Waals surface area contributed by atoms with Gasteiger partial charge < -0.3 is 10.2 Å². The van der Waals surface area contributed by atoms with E-state index in [2.05, 4.69) is 6.92 Å². The normalized spacial score (nSPS) is 10.5. The fourth-order valence-electron chi connectivity index (χ4n) is 1.30. The molecule has 15 heavy (non-hydrogen) atoms. The molecule has 0 saturated carbocycles. The lowest BCUT2D eigenvalue weighted by Crippen LogP contribution is -2.32. The van der Waals surface area contributed by atoms with Crippen LogP contribution in [0.25, 0.3) is 0 Å². The van der Waals surface area contributed by atoms with E-state index in [0.717, 1.165) is 19.3 Å². The van der Waals surface area contributed by atoms with Crippen LogP contribution in [-0.2, 0) is 9.59 Å². The van der Waals surface area contributed by atoms with Crippen molar-refractivity contribution in [3.8, 4) is 0 Å². The first-order valence-corrected chi connectivity index (χ1v) is 5.22. The van der Waals surface area contributed by atoms with Crippen molar-refractivity contribution < 1.29 is 19.8 Å². The van der Waals surface area contributed by atoms with Crippen LogP contribution in [0.1, 0.15) is 32.6 Å². The van der Waals surface area contributed by atoms with Gasteiger partial charge in [-0.05, 0) is 13.0 Å². The summed E-state index contributed by atoms with van der Waals surface area (Å²) < 4.78 is 0. The standard InChI is InChI=1S/C10H19NO4/c1-2-3-4-6-11(8-10(14)15)7-5-9(12)13/h2-8H2,1H3,(H,12,13)(H,14,15). The van der Waals surface area contributed by atoms with E-state index in [1.165, 1.54) is 0 Å². The summed E-state index contributed by atoms with van der Waals surface area (Å²) in [6.45, 7) is 2.97. The first kappa shape index (κ1) is 13.9. The Labute approximate surface area is 89.7 Å². The highest BCUT2D eigenvalue weighted by Gasteiger charge is 2.10. The molecular formula is C10H19NO4. The third kappa shape index (κ3) is 9.21. The highest BCUT2D eigenvalue weighted by Crippen LogP contribution is 1.99. The average Bonchev–Trinajstić information content (AvgIpc) is 2.13. The van der Waals surface area contributed by atoms with Gasteiger partial charge in [-0.15, -0.1) is 0 Å². The van der Waals surface area contributed by atoms with E-state index in [1.54, 1.807) is 4.90 Å². The summed E-state index contributed by atoms with van der Waals surface area (Å²) in [7, 11) is 0. The second-order valence-corrected chi connectivity index (χ2v) is 3.52. The van der Waals surface area contributed by atoms with Crippen molar-refractivity contribution in [1.82, 2.24) is 4.90 Å². The van der Waals surface area contributed by atoms with Gasteiger partial charge >= 0.3 is 11.9 Å². The number of hydrogen-bond donors (Lipinski definition) is 2. The number of carbonyl (C=O) groups is 2. The molecule has 0 amide bonds. The molecule has 2 N–H and O–H groups in total. The Kier molecular flexibility index (Phi) is 7.62. The molecule has 0 unspecified atom stereocenters. The van der Waals surface area contributed by atoms with Crippen LogP contribution >= 0.6 is 0 Å². The minimum Gasteiger partial charge on any atom is -0.481 e. The molecule has 0 aromatic heterocycles. The van der Waals surface area contributed by atoms with E-state index in [4.69, 9.17) is 10.2 Å². The Morgan fingerprint density at radius 2 is 1.73 bits per heavy atom. The quantitative estimate of drug-likeness (QED) is 0.564. The summed E-state index contributed by atoms with van der Waals surface area (Å²) in [5.74, 6) is -1.79. The van der Waals surface area contributed by atoms with Crippen molar-refractivity contribution in [3.63, 3.8) is 0 Å². The molecule has 5 heteroatoms. The molecule has 0 aliphatic rings. The molecule has 0 heterocycles. The van der Waals surface area contributed by atoms with Gasteiger partial charge in [0.2, 0.25) is 0 Å². The van der Waals surface area contributed by atoms with Crippen molar-refractivity contribution in [2.24, 2.45) is 0 Å². The van der Waals surface area contributed by atoms with Gasteiger partial charge in [0.1, 0.15) is 0 Å². The minimum atomic E-state index is -0.906. The van der Waals surface area contributed by atoms with Crippen LogP contribution in [0.15, 0.2) is 0 Å². The molecule has 88 valence electrons. The van der Waals surface area contributed by atoms with Gasteiger partial charge in [0.05, 0.1) is 13.0 Å². The summed E-state index contributed by atoms with van der Waals surface area (Å²) in [4.78, 5) is 22.5. The SMILES string of the molecule is CCCCCN(CCC(=O)O)CC(=O)O. The number of hydrogen-bond acceptors (Lipinski definition) is 3. The molecule has 0 fully saturated rings. The second-order valence-electron chi connectivity index (χ2n) is 3.52. The van der Waals surface area contributed by atoms with E-state index in [1.807, 2.05) is 0 Å². The molecule has 0 bridgehead atoms. The zero-order valence-electron chi connectivity index (χ0n) is 9.11. The third-order valence-corrected chi connectivity index (χ3v) is 2.08. The largest absolute Gasteiger partial charge is 0.481 e. The fourth-order valence-corrected chi connectivity index (χ4v) is 1.30. The van der Waals surface area contributed by atoms with Gasteiger partial charge in [-0.2, -0.15) is 0 Å². The monoisotopic (exact) mass is 217 g/mol. The van der Waals surface area contributed by atoms with Gasteiger partial charge in [-0.25, -0.2) is 0 Å². The van der Waals surface area contributed by atoms with Crippen LogP contribution in [0.5, 0.6) is 0 Å².